The summed E-state index contributed by atoms with van der Waals surface area (Å²) in [5, 5.41) is 0. The number of hydrogen-bond acceptors (Lipinski definition) is 3. The summed E-state index contributed by atoms with van der Waals surface area (Å²) in [4.78, 5) is 15.9. The number of piperazine rings is 1. The van der Waals surface area contributed by atoms with E-state index in [-0.39, 0.29) is 16.7 Å². The maximum atomic E-state index is 11.7. The van der Waals surface area contributed by atoms with Crippen LogP contribution in [0.2, 0.25) is 0 Å². The molecule has 1 aliphatic rings. The van der Waals surface area contributed by atoms with Gasteiger partial charge >= 0.3 is 0 Å². The lowest BCUT2D eigenvalue weighted by atomic mass is 9.75. The van der Waals surface area contributed by atoms with Gasteiger partial charge in [0, 0.05) is 38.3 Å². The molecule has 27 heavy (non-hydrogen) atoms. The molecule has 0 radical (unpaired) electrons. The summed E-state index contributed by atoms with van der Waals surface area (Å²) in [5.41, 5.74) is 2.76. The van der Waals surface area contributed by atoms with E-state index in [4.69, 9.17) is 4.74 Å². The molecular weight excluding hydrogens is 336 g/mol. The summed E-state index contributed by atoms with van der Waals surface area (Å²) in [6.07, 6.45) is 1.40. The van der Waals surface area contributed by atoms with E-state index >= 15 is 0 Å². The summed E-state index contributed by atoms with van der Waals surface area (Å²) >= 11 is 0. The molecule has 1 fully saturated rings. The highest BCUT2D eigenvalue weighted by atomic mass is 16.5. The van der Waals surface area contributed by atoms with Gasteiger partial charge in [-0.2, -0.15) is 0 Å². The molecule has 2 rings (SSSR count). The second-order valence-electron chi connectivity index (χ2n) is 9.40. The minimum Gasteiger partial charge on any atom is -0.492 e. The Morgan fingerprint density at radius 2 is 1.70 bits per heavy atom. The molecule has 150 valence electrons. The van der Waals surface area contributed by atoms with E-state index in [2.05, 4.69) is 71.2 Å². The smallest absolute Gasteiger partial charge is 0.246 e. The molecule has 4 heteroatoms. The van der Waals surface area contributed by atoms with Gasteiger partial charge < -0.3 is 9.64 Å². The average Bonchev–Trinajstić information content (AvgIpc) is 2.60. The van der Waals surface area contributed by atoms with E-state index in [1.807, 2.05) is 4.90 Å². The Kier molecular flexibility index (Phi) is 6.74. The van der Waals surface area contributed by atoms with Crippen LogP contribution in [0.25, 0.3) is 0 Å². The largest absolute Gasteiger partial charge is 0.492 e. The topological polar surface area (TPSA) is 32.8 Å². The fourth-order valence-corrected chi connectivity index (χ4v) is 3.66. The van der Waals surface area contributed by atoms with Gasteiger partial charge in [0.15, 0.2) is 0 Å². The van der Waals surface area contributed by atoms with Gasteiger partial charge in [0.2, 0.25) is 5.91 Å². The first-order valence-corrected chi connectivity index (χ1v) is 9.94. The second kappa shape index (κ2) is 8.47. The number of ether oxygens (including phenoxy) is 1. The number of rotatable bonds is 5. The lowest BCUT2D eigenvalue weighted by Crippen LogP contribution is -2.49. The summed E-state index contributed by atoms with van der Waals surface area (Å²) in [6.45, 7) is 21.9. The monoisotopic (exact) mass is 372 g/mol. The van der Waals surface area contributed by atoms with Crippen LogP contribution in [-0.4, -0.2) is 55.0 Å². The highest BCUT2D eigenvalue weighted by molar-refractivity contribution is 5.87. The Labute approximate surface area is 165 Å². The first-order chi connectivity index (χ1) is 12.5. The van der Waals surface area contributed by atoms with E-state index in [1.165, 1.54) is 17.2 Å². The number of carbonyl (C=O) groups excluding carboxylic acids is 1. The fourth-order valence-electron chi connectivity index (χ4n) is 3.66. The second-order valence-corrected chi connectivity index (χ2v) is 9.40. The van der Waals surface area contributed by atoms with Crippen LogP contribution >= 0.6 is 0 Å². The van der Waals surface area contributed by atoms with Crippen LogP contribution in [0, 0.1) is 0 Å². The van der Waals surface area contributed by atoms with Crippen LogP contribution in [0.5, 0.6) is 5.75 Å². The molecule has 0 aromatic heterocycles. The first-order valence-electron chi connectivity index (χ1n) is 9.94. The quantitative estimate of drug-likeness (QED) is 0.733. The van der Waals surface area contributed by atoms with Gasteiger partial charge in [-0.05, 0) is 28.5 Å². The Hall–Kier alpha value is -1.81. The number of carbonyl (C=O) groups is 1. The van der Waals surface area contributed by atoms with Crippen LogP contribution in [-0.2, 0) is 15.6 Å². The number of amides is 1. The summed E-state index contributed by atoms with van der Waals surface area (Å²) in [5.74, 6) is 1.02. The molecule has 0 bridgehead atoms. The third-order valence-corrected chi connectivity index (χ3v) is 5.11. The van der Waals surface area contributed by atoms with Crippen molar-refractivity contribution in [1.29, 1.82) is 0 Å². The van der Waals surface area contributed by atoms with E-state index in [0.717, 1.165) is 38.5 Å². The number of hydrogen-bond donors (Lipinski definition) is 0. The van der Waals surface area contributed by atoms with Crippen LogP contribution < -0.4 is 4.74 Å². The van der Waals surface area contributed by atoms with Crippen molar-refractivity contribution >= 4 is 5.91 Å². The van der Waals surface area contributed by atoms with Crippen molar-refractivity contribution in [2.75, 3.05) is 39.3 Å². The van der Waals surface area contributed by atoms with Gasteiger partial charge in [-0.1, -0.05) is 60.3 Å². The zero-order valence-corrected chi connectivity index (χ0v) is 18.0. The molecule has 0 saturated carbocycles. The highest BCUT2D eigenvalue weighted by Gasteiger charge is 2.28. The zero-order valence-electron chi connectivity index (χ0n) is 18.0. The number of benzene rings is 1. The Balaban J connectivity index is 2.01. The molecule has 1 saturated heterocycles. The SMILES string of the molecule is C=CC(=O)N1CCN(CCOc2cccc(C(C)(C)C)c2C(C)(C)C)CC1. The van der Waals surface area contributed by atoms with E-state index in [9.17, 15) is 4.79 Å². The minimum absolute atomic E-state index is 0.0237. The Morgan fingerprint density at radius 1 is 1.07 bits per heavy atom. The Morgan fingerprint density at radius 3 is 2.22 bits per heavy atom. The van der Waals surface area contributed by atoms with Crippen molar-refractivity contribution in [3.8, 4) is 5.75 Å². The maximum absolute atomic E-state index is 11.7. The third kappa shape index (κ3) is 5.58. The summed E-state index contributed by atoms with van der Waals surface area (Å²) in [7, 11) is 0. The third-order valence-electron chi connectivity index (χ3n) is 5.11. The van der Waals surface area contributed by atoms with Gasteiger partial charge in [0.25, 0.3) is 0 Å². The lowest BCUT2D eigenvalue weighted by molar-refractivity contribution is -0.127. The van der Waals surface area contributed by atoms with E-state index < -0.39 is 0 Å². The van der Waals surface area contributed by atoms with Crippen LogP contribution in [0.15, 0.2) is 30.9 Å². The summed E-state index contributed by atoms with van der Waals surface area (Å²) < 4.78 is 6.26. The number of nitrogens with zero attached hydrogens (tertiary/aromatic N) is 2. The van der Waals surface area contributed by atoms with Crippen molar-refractivity contribution in [2.45, 2.75) is 52.4 Å². The molecule has 1 heterocycles. The molecule has 1 amide bonds. The molecule has 0 spiro atoms. The maximum Gasteiger partial charge on any atom is 0.246 e. The van der Waals surface area contributed by atoms with Crippen LogP contribution in [0.1, 0.15) is 52.7 Å². The van der Waals surface area contributed by atoms with Crippen molar-refractivity contribution in [3.63, 3.8) is 0 Å². The predicted octanol–water partition coefficient (Wildman–Crippen LogP) is 3.99. The molecule has 1 aromatic carbocycles. The van der Waals surface area contributed by atoms with Crippen LogP contribution in [0.4, 0.5) is 0 Å². The fraction of sp³-hybridized carbons (Fsp3) is 0.609. The van der Waals surface area contributed by atoms with Gasteiger partial charge in [0.1, 0.15) is 12.4 Å². The van der Waals surface area contributed by atoms with Crippen molar-refractivity contribution in [1.82, 2.24) is 9.80 Å². The van der Waals surface area contributed by atoms with E-state index in [1.54, 1.807) is 0 Å². The molecule has 0 N–H and O–H groups in total. The molecule has 0 aliphatic carbocycles. The minimum atomic E-state index is 0.0237. The van der Waals surface area contributed by atoms with Crippen molar-refractivity contribution in [2.24, 2.45) is 0 Å². The van der Waals surface area contributed by atoms with Crippen LogP contribution in [0.3, 0.4) is 0 Å². The standard InChI is InChI=1S/C23H36N2O2/c1-8-20(26)25-14-12-24(13-15-25)16-17-27-19-11-9-10-18(22(2,3)4)21(19)23(5,6)7/h8-11H,1,12-17H2,2-7H3. The molecule has 0 unspecified atom stereocenters. The highest BCUT2D eigenvalue weighted by Crippen LogP contribution is 2.39. The summed E-state index contributed by atoms with van der Waals surface area (Å²) in [6, 6.07) is 6.42. The van der Waals surface area contributed by atoms with Crippen molar-refractivity contribution in [3.05, 3.63) is 42.0 Å². The van der Waals surface area contributed by atoms with Gasteiger partial charge in [0.05, 0.1) is 0 Å². The average molecular weight is 373 g/mol. The van der Waals surface area contributed by atoms with Gasteiger partial charge in [-0.15, -0.1) is 0 Å². The normalized spacial score (nSPS) is 16.3. The molecule has 0 atom stereocenters. The molecule has 4 nitrogen and oxygen atoms in total. The van der Waals surface area contributed by atoms with E-state index in [0.29, 0.717) is 6.61 Å². The Bertz CT molecular complexity index is 660. The van der Waals surface area contributed by atoms with Crippen molar-refractivity contribution < 1.29 is 9.53 Å². The molecule has 1 aromatic rings. The van der Waals surface area contributed by atoms with Gasteiger partial charge in [-0.3, -0.25) is 9.69 Å². The lowest BCUT2D eigenvalue weighted by Gasteiger charge is -2.34. The zero-order chi connectivity index (χ0) is 20.2. The molecular formula is C23H36N2O2. The first kappa shape index (κ1) is 21.5. The molecule has 1 aliphatic heterocycles. The predicted molar refractivity (Wildman–Crippen MR) is 113 cm³/mol. The van der Waals surface area contributed by atoms with Gasteiger partial charge in [-0.25, -0.2) is 0 Å².